The first-order valence-corrected chi connectivity index (χ1v) is 8.16. The van der Waals surface area contributed by atoms with Crippen LogP contribution in [0, 0.1) is 5.41 Å². The third-order valence-electron chi connectivity index (χ3n) is 3.55. The lowest BCUT2D eigenvalue weighted by atomic mass is 9.84. The third-order valence-corrected chi connectivity index (χ3v) is 5.91. The summed E-state index contributed by atoms with van der Waals surface area (Å²) >= 11 is 6.00. The van der Waals surface area contributed by atoms with Gasteiger partial charge in [-0.25, -0.2) is 8.42 Å². The van der Waals surface area contributed by atoms with Crippen LogP contribution in [0.4, 0.5) is 0 Å². The van der Waals surface area contributed by atoms with Gasteiger partial charge in [-0.05, 0) is 31.1 Å². The molecule has 0 saturated heterocycles. The van der Waals surface area contributed by atoms with Crippen LogP contribution in [-0.4, -0.2) is 25.8 Å². The highest BCUT2D eigenvalue weighted by Crippen LogP contribution is 2.42. The molecule has 0 bridgehead atoms. The Morgan fingerprint density at radius 1 is 1.27 bits per heavy atom. The van der Waals surface area contributed by atoms with Crippen LogP contribution in [0.1, 0.15) is 45.4 Å². The van der Waals surface area contributed by atoms with E-state index in [-0.39, 0.29) is 11.2 Å². The third kappa shape index (κ3) is 3.95. The van der Waals surface area contributed by atoms with Crippen molar-refractivity contribution in [3.8, 4) is 0 Å². The minimum atomic E-state index is -2.79. The first kappa shape index (κ1) is 13.3. The molecule has 15 heavy (non-hydrogen) atoms. The molecule has 1 aliphatic carbocycles. The van der Waals surface area contributed by atoms with Crippen molar-refractivity contribution in [2.24, 2.45) is 5.41 Å². The van der Waals surface area contributed by atoms with Gasteiger partial charge in [0.05, 0.1) is 5.75 Å². The largest absolute Gasteiger partial charge is 0.229 e. The second-order valence-corrected chi connectivity index (χ2v) is 7.42. The Bertz CT molecular complexity index is 279. The lowest BCUT2D eigenvalue weighted by Crippen LogP contribution is -2.20. The molecule has 0 radical (unpaired) electrons. The van der Waals surface area contributed by atoms with E-state index in [0.717, 1.165) is 12.8 Å². The molecule has 0 N–H and O–H groups in total. The number of halogens is 1. The van der Waals surface area contributed by atoms with E-state index in [2.05, 4.69) is 0 Å². The first-order chi connectivity index (χ1) is 7.04. The van der Waals surface area contributed by atoms with E-state index >= 15 is 0 Å². The fourth-order valence-electron chi connectivity index (χ4n) is 2.39. The summed E-state index contributed by atoms with van der Waals surface area (Å²) < 4.78 is 22.7. The zero-order chi connectivity index (χ0) is 11.4. The van der Waals surface area contributed by atoms with Gasteiger partial charge in [0.1, 0.15) is 9.84 Å². The fourth-order valence-corrected chi connectivity index (χ4v) is 3.66. The summed E-state index contributed by atoms with van der Waals surface area (Å²) in [7, 11) is -2.79. The average Bonchev–Trinajstić information content (AvgIpc) is 2.67. The lowest BCUT2D eigenvalue weighted by Gasteiger charge is -2.25. The molecule has 1 fully saturated rings. The number of hydrogen-bond donors (Lipinski definition) is 0. The van der Waals surface area contributed by atoms with Gasteiger partial charge in [0.25, 0.3) is 0 Å². The van der Waals surface area contributed by atoms with E-state index in [4.69, 9.17) is 11.6 Å². The van der Waals surface area contributed by atoms with Gasteiger partial charge in [0.15, 0.2) is 0 Å². The SMILES string of the molecule is CCS(=O)(=O)CCCC1(CCl)CCCC1. The fraction of sp³-hybridized carbons (Fsp3) is 1.00. The summed E-state index contributed by atoms with van der Waals surface area (Å²) in [4.78, 5) is 0. The van der Waals surface area contributed by atoms with Gasteiger partial charge in [-0.2, -0.15) is 0 Å². The van der Waals surface area contributed by atoms with Crippen LogP contribution >= 0.6 is 11.6 Å². The molecule has 0 aliphatic heterocycles. The van der Waals surface area contributed by atoms with Gasteiger partial charge in [-0.3, -0.25) is 0 Å². The summed E-state index contributed by atoms with van der Waals surface area (Å²) in [5, 5.41) is 0. The van der Waals surface area contributed by atoms with Crippen LogP contribution in [0.3, 0.4) is 0 Å². The van der Waals surface area contributed by atoms with Crippen LogP contribution < -0.4 is 0 Å². The standard InChI is InChI=1S/C11H21ClO2S/c1-2-15(13,14)9-5-8-11(10-12)6-3-4-7-11/h2-10H2,1H3. The number of rotatable bonds is 6. The Kier molecular flexibility index (Phi) is 4.91. The normalized spacial score (nSPS) is 20.7. The monoisotopic (exact) mass is 252 g/mol. The Morgan fingerprint density at radius 3 is 2.33 bits per heavy atom. The van der Waals surface area contributed by atoms with E-state index in [1.54, 1.807) is 6.92 Å². The zero-order valence-electron chi connectivity index (χ0n) is 9.47. The maximum absolute atomic E-state index is 11.3. The van der Waals surface area contributed by atoms with Gasteiger partial charge >= 0.3 is 0 Å². The number of alkyl halides is 1. The summed E-state index contributed by atoms with van der Waals surface area (Å²) in [5.74, 6) is 1.29. The summed E-state index contributed by atoms with van der Waals surface area (Å²) in [5.41, 5.74) is 0.255. The van der Waals surface area contributed by atoms with Crippen molar-refractivity contribution in [2.45, 2.75) is 45.4 Å². The molecule has 0 unspecified atom stereocenters. The number of hydrogen-bond acceptors (Lipinski definition) is 2. The van der Waals surface area contributed by atoms with E-state index in [9.17, 15) is 8.42 Å². The smallest absolute Gasteiger partial charge is 0.150 e. The molecule has 0 amide bonds. The summed E-state index contributed by atoms with van der Waals surface area (Å²) in [6, 6.07) is 0. The van der Waals surface area contributed by atoms with Crippen molar-refractivity contribution >= 4 is 21.4 Å². The van der Waals surface area contributed by atoms with Crippen LogP contribution in [0.25, 0.3) is 0 Å². The summed E-state index contributed by atoms with van der Waals surface area (Å²) in [6.07, 6.45) is 6.64. The van der Waals surface area contributed by atoms with E-state index in [1.165, 1.54) is 25.7 Å². The molecule has 0 heterocycles. The van der Waals surface area contributed by atoms with E-state index < -0.39 is 9.84 Å². The van der Waals surface area contributed by atoms with Crippen LogP contribution in [-0.2, 0) is 9.84 Å². The molecular formula is C11H21ClO2S. The second-order valence-electron chi connectivity index (χ2n) is 4.68. The Balaban J connectivity index is 2.36. The van der Waals surface area contributed by atoms with Gasteiger partial charge < -0.3 is 0 Å². The second kappa shape index (κ2) is 5.53. The molecule has 0 spiro atoms. The van der Waals surface area contributed by atoms with Crippen molar-refractivity contribution in [1.82, 2.24) is 0 Å². The van der Waals surface area contributed by atoms with E-state index in [1.807, 2.05) is 0 Å². The topological polar surface area (TPSA) is 34.1 Å². The van der Waals surface area contributed by atoms with Gasteiger partial charge in [-0.15, -0.1) is 11.6 Å². The van der Waals surface area contributed by atoms with Crippen LogP contribution in [0.5, 0.6) is 0 Å². The van der Waals surface area contributed by atoms with Crippen molar-refractivity contribution in [1.29, 1.82) is 0 Å². The Morgan fingerprint density at radius 2 is 1.87 bits per heavy atom. The van der Waals surface area contributed by atoms with E-state index in [0.29, 0.717) is 11.6 Å². The van der Waals surface area contributed by atoms with Crippen molar-refractivity contribution in [3.05, 3.63) is 0 Å². The zero-order valence-corrected chi connectivity index (χ0v) is 11.0. The molecule has 1 saturated carbocycles. The number of sulfone groups is 1. The summed E-state index contributed by atoms with van der Waals surface area (Å²) in [6.45, 7) is 1.71. The maximum Gasteiger partial charge on any atom is 0.150 e. The molecule has 0 atom stereocenters. The highest BCUT2D eigenvalue weighted by atomic mass is 35.5. The highest BCUT2D eigenvalue weighted by molar-refractivity contribution is 7.91. The average molecular weight is 253 g/mol. The van der Waals surface area contributed by atoms with Crippen LogP contribution in [0.2, 0.25) is 0 Å². The molecule has 0 aromatic rings. The van der Waals surface area contributed by atoms with Crippen LogP contribution in [0.15, 0.2) is 0 Å². The Hall–Kier alpha value is 0.240. The van der Waals surface area contributed by atoms with Crippen molar-refractivity contribution in [3.63, 3.8) is 0 Å². The van der Waals surface area contributed by atoms with Crippen molar-refractivity contribution in [2.75, 3.05) is 17.4 Å². The van der Waals surface area contributed by atoms with Gasteiger partial charge in [0.2, 0.25) is 0 Å². The van der Waals surface area contributed by atoms with Gasteiger partial charge in [-0.1, -0.05) is 19.8 Å². The first-order valence-electron chi connectivity index (χ1n) is 5.80. The molecule has 1 aliphatic rings. The molecule has 0 aromatic heterocycles. The molecule has 0 aromatic carbocycles. The minimum absolute atomic E-state index is 0.255. The molecule has 2 nitrogen and oxygen atoms in total. The Labute approximate surface area is 98.3 Å². The van der Waals surface area contributed by atoms with Crippen molar-refractivity contribution < 1.29 is 8.42 Å². The predicted octanol–water partition coefficient (Wildman–Crippen LogP) is 3.00. The molecule has 4 heteroatoms. The molecular weight excluding hydrogens is 232 g/mol. The van der Waals surface area contributed by atoms with Gasteiger partial charge in [0, 0.05) is 11.6 Å². The quantitative estimate of drug-likeness (QED) is 0.681. The highest BCUT2D eigenvalue weighted by Gasteiger charge is 2.32. The maximum atomic E-state index is 11.3. The molecule has 1 rings (SSSR count). The molecule has 90 valence electrons. The predicted molar refractivity (Wildman–Crippen MR) is 65.2 cm³/mol. The lowest BCUT2D eigenvalue weighted by molar-refractivity contribution is 0.311. The minimum Gasteiger partial charge on any atom is -0.229 e.